The Balaban J connectivity index is 0.000000771. The molecule has 0 aliphatic rings. The van der Waals surface area contributed by atoms with Crippen LogP contribution in [0.15, 0.2) is 35.7 Å². The van der Waals surface area contributed by atoms with Crippen LogP contribution in [-0.2, 0) is 0 Å². The van der Waals surface area contributed by atoms with E-state index in [1.54, 1.807) is 36.8 Å². The highest BCUT2D eigenvalue weighted by atomic mass is 32.1. The number of thiophene rings is 1. The highest BCUT2D eigenvalue weighted by molar-refractivity contribution is 7.12. The van der Waals surface area contributed by atoms with E-state index in [0.29, 0.717) is 16.2 Å². The van der Waals surface area contributed by atoms with Gasteiger partial charge in [0.05, 0.1) is 7.11 Å². The molecule has 3 nitrogen and oxygen atoms in total. The summed E-state index contributed by atoms with van der Waals surface area (Å²) in [5.74, 6) is 0.563. The van der Waals surface area contributed by atoms with E-state index in [-0.39, 0.29) is 11.5 Å². The van der Waals surface area contributed by atoms with Gasteiger partial charge in [-0.05, 0) is 35.7 Å². The third kappa shape index (κ3) is 3.11. The highest BCUT2D eigenvalue weighted by Gasteiger charge is 2.14. The summed E-state index contributed by atoms with van der Waals surface area (Å²) in [5, 5.41) is 11.1. The number of ketones is 1. The van der Waals surface area contributed by atoms with Gasteiger partial charge in [-0.1, -0.05) is 13.8 Å². The predicted molar refractivity (Wildman–Crippen MR) is 73.8 cm³/mol. The van der Waals surface area contributed by atoms with Gasteiger partial charge in [-0.15, -0.1) is 11.3 Å². The smallest absolute Gasteiger partial charge is 0.206 e. The molecule has 0 aliphatic heterocycles. The van der Waals surface area contributed by atoms with Crippen LogP contribution in [0, 0.1) is 0 Å². The molecule has 0 bridgehead atoms. The molecule has 4 heteroatoms. The summed E-state index contributed by atoms with van der Waals surface area (Å²) < 4.78 is 5.01. The molecule has 2 rings (SSSR count). The van der Waals surface area contributed by atoms with Crippen LogP contribution in [0.25, 0.3) is 0 Å². The Bertz CT molecular complexity index is 500. The first-order valence-electron chi connectivity index (χ1n) is 5.67. The number of methoxy groups -OCH3 is 1. The maximum atomic E-state index is 11.9. The zero-order valence-corrected chi connectivity index (χ0v) is 11.5. The van der Waals surface area contributed by atoms with E-state index in [9.17, 15) is 9.90 Å². The van der Waals surface area contributed by atoms with Gasteiger partial charge in [-0.2, -0.15) is 0 Å². The zero-order valence-electron chi connectivity index (χ0n) is 10.6. The lowest BCUT2D eigenvalue weighted by molar-refractivity contribution is 0.104. The van der Waals surface area contributed by atoms with Crippen LogP contribution >= 0.6 is 11.3 Å². The van der Waals surface area contributed by atoms with Gasteiger partial charge >= 0.3 is 0 Å². The summed E-state index contributed by atoms with van der Waals surface area (Å²) in [4.78, 5) is 12.3. The molecular weight excluding hydrogens is 248 g/mol. The van der Waals surface area contributed by atoms with Crippen LogP contribution in [-0.4, -0.2) is 18.0 Å². The minimum absolute atomic E-state index is 0.0332. The van der Waals surface area contributed by atoms with Gasteiger partial charge in [0.25, 0.3) is 0 Å². The van der Waals surface area contributed by atoms with Crippen molar-refractivity contribution in [3.05, 3.63) is 46.2 Å². The van der Waals surface area contributed by atoms with E-state index in [4.69, 9.17) is 4.74 Å². The lowest BCUT2D eigenvalue weighted by atomic mass is 10.1. The lowest BCUT2D eigenvalue weighted by Crippen LogP contribution is -1.98. The van der Waals surface area contributed by atoms with Gasteiger partial charge in [-0.3, -0.25) is 4.79 Å². The van der Waals surface area contributed by atoms with Crippen molar-refractivity contribution in [2.45, 2.75) is 13.8 Å². The highest BCUT2D eigenvalue weighted by Crippen LogP contribution is 2.26. The molecule has 0 atom stereocenters. The number of carbonyl (C=O) groups excluding carboxylic acids is 1. The van der Waals surface area contributed by atoms with Crippen molar-refractivity contribution in [1.29, 1.82) is 0 Å². The Morgan fingerprint density at radius 3 is 2.22 bits per heavy atom. The second-order valence-corrected chi connectivity index (χ2v) is 4.11. The first kappa shape index (κ1) is 14.3. The molecule has 0 fully saturated rings. The van der Waals surface area contributed by atoms with E-state index in [0.717, 1.165) is 0 Å². The van der Waals surface area contributed by atoms with Crippen LogP contribution in [0.5, 0.6) is 11.5 Å². The summed E-state index contributed by atoms with van der Waals surface area (Å²) in [5.41, 5.74) is 0.540. The Hall–Kier alpha value is -1.81. The number of carbonyl (C=O) groups is 1. The predicted octanol–water partition coefficient (Wildman–Crippen LogP) is 3.72. The van der Waals surface area contributed by atoms with E-state index >= 15 is 0 Å². The fraction of sp³-hybridized carbons (Fsp3) is 0.214. The van der Waals surface area contributed by atoms with Crippen LogP contribution in [0.3, 0.4) is 0 Å². The monoisotopic (exact) mass is 264 g/mol. The molecule has 0 saturated carbocycles. The molecule has 0 aliphatic carbocycles. The summed E-state index contributed by atoms with van der Waals surface area (Å²) in [6.07, 6.45) is 0. The van der Waals surface area contributed by atoms with Crippen molar-refractivity contribution in [3.63, 3.8) is 0 Å². The third-order valence-electron chi connectivity index (χ3n) is 2.20. The molecular formula is C14H16O3S. The van der Waals surface area contributed by atoms with Crippen LogP contribution in [0.1, 0.15) is 29.1 Å². The molecule has 2 aromatic rings. The molecule has 18 heavy (non-hydrogen) atoms. The van der Waals surface area contributed by atoms with Crippen molar-refractivity contribution < 1.29 is 14.6 Å². The van der Waals surface area contributed by atoms with Crippen molar-refractivity contribution in [3.8, 4) is 11.5 Å². The Morgan fingerprint density at radius 2 is 1.78 bits per heavy atom. The summed E-state index contributed by atoms with van der Waals surface area (Å²) in [6.45, 7) is 4.00. The standard InChI is InChI=1S/C12H10O3S.C2H6/c1-15-9-4-2-8(3-5-9)11(14)12-10(13)6-7-16-12;1-2/h2-7,13H,1H3;1-2H3. The van der Waals surface area contributed by atoms with Crippen molar-refractivity contribution in [2.75, 3.05) is 7.11 Å². The number of ether oxygens (including phenoxy) is 1. The van der Waals surface area contributed by atoms with Crippen LogP contribution in [0.4, 0.5) is 0 Å². The minimum atomic E-state index is -0.171. The maximum Gasteiger partial charge on any atom is 0.206 e. The van der Waals surface area contributed by atoms with E-state index in [1.165, 1.54) is 17.4 Å². The van der Waals surface area contributed by atoms with Gasteiger partial charge in [0.1, 0.15) is 16.4 Å². The SMILES string of the molecule is CC.COc1ccc(C(=O)c2sccc2O)cc1. The molecule has 1 heterocycles. The summed E-state index contributed by atoms with van der Waals surface area (Å²) >= 11 is 1.23. The van der Waals surface area contributed by atoms with Gasteiger partial charge in [0, 0.05) is 5.56 Å². The van der Waals surface area contributed by atoms with E-state index in [1.807, 2.05) is 13.8 Å². The number of aromatic hydroxyl groups is 1. The molecule has 0 spiro atoms. The molecule has 1 aromatic carbocycles. The van der Waals surface area contributed by atoms with Crippen LogP contribution < -0.4 is 4.74 Å². The van der Waals surface area contributed by atoms with Gasteiger partial charge in [-0.25, -0.2) is 0 Å². The number of hydrogen-bond donors (Lipinski definition) is 1. The zero-order chi connectivity index (χ0) is 13.5. The topological polar surface area (TPSA) is 46.5 Å². The van der Waals surface area contributed by atoms with Gasteiger partial charge < -0.3 is 9.84 Å². The Kier molecular flexibility index (Phi) is 5.39. The fourth-order valence-corrected chi connectivity index (χ4v) is 2.09. The number of benzene rings is 1. The molecule has 0 radical (unpaired) electrons. The Labute approximate surface area is 111 Å². The third-order valence-corrected chi connectivity index (χ3v) is 3.11. The minimum Gasteiger partial charge on any atom is -0.506 e. The summed E-state index contributed by atoms with van der Waals surface area (Å²) in [7, 11) is 1.57. The second-order valence-electron chi connectivity index (χ2n) is 3.19. The van der Waals surface area contributed by atoms with Gasteiger partial charge in [0.2, 0.25) is 5.78 Å². The molecule has 0 unspecified atom stereocenters. The van der Waals surface area contributed by atoms with Crippen LogP contribution in [0.2, 0.25) is 0 Å². The fourth-order valence-electron chi connectivity index (χ4n) is 1.35. The number of hydrogen-bond acceptors (Lipinski definition) is 4. The normalized spacial score (nSPS) is 9.28. The quantitative estimate of drug-likeness (QED) is 0.859. The van der Waals surface area contributed by atoms with Gasteiger partial charge in [0.15, 0.2) is 0 Å². The first-order valence-corrected chi connectivity index (χ1v) is 6.55. The maximum absolute atomic E-state index is 11.9. The first-order chi connectivity index (χ1) is 8.72. The number of rotatable bonds is 3. The molecule has 96 valence electrons. The molecule has 1 aromatic heterocycles. The van der Waals surface area contributed by atoms with Crippen molar-refractivity contribution in [1.82, 2.24) is 0 Å². The average Bonchev–Trinajstić information content (AvgIpc) is 2.86. The average molecular weight is 264 g/mol. The summed E-state index contributed by atoms with van der Waals surface area (Å²) in [6, 6.07) is 8.32. The molecule has 1 N–H and O–H groups in total. The molecule has 0 saturated heterocycles. The second kappa shape index (κ2) is 6.81. The lowest BCUT2D eigenvalue weighted by Gasteiger charge is -2.01. The van der Waals surface area contributed by atoms with E-state index in [2.05, 4.69) is 0 Å². The van der Waals surface area contributed by atoms with Crippen molar-refractivity contribution in [2.24, 2.45) is 0 Å². The van der Waals surface area contributed by atoms with E-state index < -0.39 is 0 Å². The largest absolute Gasteiger partial charge is 0.506 e. The molecule has 0 amide bonds. The van der Waals surface area contributed by atoms with Crippen molar-refractivity contribution >= 4 is 17.1 Å². The Morgan fingerprint density at radius 1 is 1.17 bits per heavy atom.